The summed E-state index contributed by atoms with van der Waals surface area (Å²) in [5.74, 6) is 1.28. The van der Waals surface area contributed by atoms with Gasteiger partial charge in [-0.2, -0.15) is 0 Å². The molecule has 1 saturated heterocycles. The van der Waals surface area contributed by atoms with Crippen molar-refractivity contribution in [3.63, 3.8) is 0 Å². The molecule has 8 heteroatoms. The van der Waals surface area contributed by atoms with Crippen LogP contribution >= 0.6 is 11.8 Å². The molecule has 0 N–H and O–H groups in total. The first-order chi connectivity index (χ1) is 13.6. The van der Waals surface area contributed by atoms with Crippen molar-refractivity contribution in [1.29, 1.82) is 0 Å². The predicted octanol–water partition coefficient (Wildman–Crippen LogP) is 5.63. The van der Waals surface area contributed by atoms with Crippen LogP contribution in [0.25, 0.3) is 0 Å². The maximum Gasteiger partial charge on any atom is 0.573 e. The van der Waals surface area contributed by atoms with Crippen molar-refractivity contribution in [2.75, 3.05) is 20.8 Å². The molecule has 1 aliphatic rings. The molecule has 0 amide bonds. The zero-order valence-corrected chi connectivity index (χ0v) is 17.6. The number of thioether (sulfide) groups is 1. The van der Waals surface area contributed by atoms with Crippen LogP contribution in [0.2, 0.25) is 0 Å². The average molecular weight is 427 g/mol. The van der Waals surface area contributed by atoms with Gasteiger partial charge in [0, 0.05) is 17.8 Å². The second-order valence-electron chi connectivity index (χ2n) is 7.40. The number of hydrogen-bond acceptors (Lipinski definition) is 5. The zero-order chi connectivity index (χ0) is 21.2. The minimum atomic E-state index is -4.69. The average Bonchev–Trinajstić information content (AvgIpc) is 2.95. The largest absolute Gasteiger partial charge is 0.573 e. The summed E-state index contributed by atoms with van der Waals surface area (Å²) in [6, 6.07) is 11.7. The highest BCUT2D eigenvalue weighted by atomic mass is 32.2. The molecule has 0 radical (unpaired) electrons. The molecule has 1 aliphatic heterocycles. The van der Waals surface area contributed by atoms with Crippen LogP contribution in [0.1, 0.15) is 30.3 Å². The Morgan fingerprint density at radius 1 is 1.03 bits per heavy atom. The SMILES string of the molecule is COc1cccc(OC)c1C1SC(C)(C)CN1Cc1ccc(OC(F)(F)F)cc1. The van der Waals surface area contributed by atoms with Crippen molar-refractivity contribution in [2.45, 2.75) is 36.9 Å². The molecule has 2 aromatic rings. The zero-order valence-electron chi connectivity index (χ0n) is 16.7. The lowest BCUT2D eigenvalue weighted by Gasteiger charge is -2.26. The van der Waals surface area contributed by atoms with Gasteiger partial charge in [-0.05, 0) is 43.7 Å². The number of halogens is 3. The summed E-state index contributed by atoms with van der Waals surface area (Å²) in [4.78, 5) is 2.28. The highest BCUT2D eigenvalue weighted by Crippen LogP contribution is 2.53. The second-order valence-corrected chi connectivity index (χ2v) is 9.19. The highest BCUT2D eigenvalue weighted by molar-refractivity contribution is 8.01. The number of benzene rings is 2. The van der Waals surface area contributed by atoms with Gasteiger partial charge in [0.1, 0.15) is 17.2 Å². The lowest BCUT2D eigenvalue weighted by atomic mass is 10.1. The van der Waals surface area contributed by atoms with Gasteiger partial charge in [-0.3, -0.25) is 4.90 Å². The molecule has 0 saturated carbocycles. The van der Waals surface area contributed by atoms with Crippen molar-refractivity contribution in [1.82, 2.24) is 4.90 Å². The van der Waals surface area contributed by atoms with Gasteiger partial charge >= 0.3 is 6.36 Å². The van der Waals surface area contributed by atoms with E-state index in [-0.39, 0.29) is 15.9 Å². The van der Waals surface area contributed by atoms with Crippen LogP contribution in [0.15, 0.2) is 42.5 Å². The van der Waals surface area contributed by atoms with E-state index in [1.165, 1.54) is 12.1 Å². The molecule has 0 spiro atoms. The van der Waals surface area contributed by atoms with Crippen LogP contribution in [-0.4, -0.2) is 36.8 Å². The maximum atomic E-state index is 12.4. The Labute approximate surface area is 172 Å². The van der Waals surface area contributed by atoms with E-state index in [0.717, 1.165) is 29.2 Å². The quantitative estimate of drug-likeness (QED) is 0.597. The lowest BCUT2D eigenvalue weighted by molar-refractivity contribution is -0.274. The van der Waals surface area contributed by atoms with Gasteiger partial charge in [0.05, 0.1) is 25.2 Å². The minimum absolute atomic E-state index is 0.00410. The molecule has 0 aromatic heterocycles. The van der Waals surface area contributed by atoms with Crippen molar-refractivity contribution < 1.29 is 27.4 Å². The molecule has 1 heterocycles. The van der Waals surface area contributed by atoms with Gasteiger partial charge in [0.25, 0.3) is 0 Å². The smallest absolute Gasteiger partial charge is 0.496 e. The van der Waals surface area contributed by atoms with Crippen LogP contribution in [0.4, 0.5) is 13.2 Å². The van der Waals surface area contributed by atoms with Crippen molar-refractivity contribution in [2.24, 2.45) is 0 Å². The van der Waals surface area contributed by atoms with Gasteiger partial charge in [0.15, 0.2) is 0 Å². The molecule has 4 nitrogen and oxygen atoms in total. The molecule has 3 rings (SSSR count). The van der Waals surface area contributed by atoms with E-state index in [0.29, 0.717) is 6.54 Å². The normalized spacial score (nSPS) is 19.2. The van der Waals surface area contributed by atoms with Crippen molar-refractivity contribution in [3.05, 3.63) is 53.6 Å². The number of nitrogens with zero attached hydrogens (tertiary/aromatic N) is 1. The Balaban J connectivity index is 1.86. The summed E-state index contributed by atoms with van der Waals surface area (Å²) < 4.78 is 52.3. The standard InChI is InChI=1S/C21H24F3NO3S/c1-20(2)13-25(12-14-8-10-15(11-9-14)28-21(22,23)24)19(29-20)18-16(26-3)6-5-7-17(18)27-4/h5-11,19H,12-13H2,1-4H3. The van der Waals surface area contributed by atoms with E-state index >= 15 is 0 Å². The third-order valence-electron chi connectivity index (χ3n) is 4.60. The van der Waals surface area contributed by atoms with E-state index < -0.39 is 6.36 Å². The fourth-order valence-corrected chi connectivity index (χ4v) is 5.01. The third-order valence-corrected chi connectivity index (χ3v) is 6.13. The van der Waals surface area contributed by atoms with Crippen LogP contribution in [0.5, 0.6) is 17.2 Å². The Kier molecular flexibility index (Phi) is 6.24. The van der Waals surface area contributed by atoms with E-state index in [2.05, 4.69) is 23.5 Å². The van der Waals surface area contributed by atoms with E-state index in [1.54, 1.807) is 26.4 Å². The maximum absolute atomic E-state index is 12.4. The van der Waals surface area contributed by atoms with Crippen LogP contribution < -0.4 is 14.2 Å². The van der Waals surface area contributed by atoms with E-state index in [4.69, 9.17) is 9.47 Å². The summed E-state index contributed by atoms with van der Waals surface area (Å²) in [5, 5.41) is -0.0119. The molecule has 0 bridgehead atoms. The fourth-order valence-electron chi connectivity index (χ4n) is 3.52. The van der Waals surface area contributed by atoms with Gasteiger partial charge in [0.2, 0.25) is 0 Å². The summed E-state index contributed by atoms with van der Waals surface area (Å²) in [7, 11) is 3.26. The molecular weight excluding hydrogens is 403 g/mol. The van der Waals surface area contributed by atoms with E-state index in [9.17, 15) is 13.2 Å². The van der Waals surface area contributed by atoms with Gasteiger partial charge < -0.3 is 14.2 Å². The first kappa shape index (κ1) is 21.6. The highest BCUT2D eigenvalue weighted by Gasteiger charge is 2.41. The third kappa shape index (κ3) is 5.30. The van der Waals surface area contributed by atoms with Gasteiger partial charge in [-0.25, -0.2) is 0 Å². The second kappa shape index (κ2) is 8.36. The molecule has 29 heavy (non-hydrogen) atoms. The molecular formula is C21H24F3NO3S. The monoisotopic (exact) mass is 427 g/mol. The van der Waals surface area contributed by atoms with Crippen LogP contribution in [0.3, 0.4) is 0 Å². The number of rotatable bonds is 6. The van der Waals surface area contributed by atoms with E-state index in [1.807, 2.05) is 30.0 Å². The Morgan fingerprint density at radius 3 is 2.14 bits per heavy atom. The van der Waals surface area contributed by atoms with Crippen LogP contribution in [0, 0.1) is 0 Å². The molecule has 1 fully saturated rings. The molecule has 158 valence electrons. The van der Waals surface area contributed by atoms with Gasteiger partial charge in [-0.15, -0.1) is 24.9 Å². The molecule has 0 aliphatic carbocycles. The topological polar surface area (TPSA) is 30.9 Å². The lowest BCUT2D eigenvalue weighted by Crippen LogP contribution is -2.27. The Bertz CT molecular complexity index is 818. The fraction of sp³-hybridized carbons (Fsp3) is 0.429. The summed E-state index contributed by atoms with van der Waals surface area (Å²) >= 11 is 1.81. The Hall–Kier alpha value is -2.06. The van der Waals surface area contributed by atoms with Crippen molar-refractivity contribution in [3.8, 4) is 17.2 Å². The molecule has 1 unspecified atom stereocenters. The number of hydrogen-bond donors (Lipinski definition) is 0. The van der Waals surface area contributed by atoms with Crippen molar-refractivity contribution >= 4 is 11.8 Å². The predicted molar refractivity (Wildman–Crippen MR) is 107 cm³/mol. The first-order valence-electron chi connectivity index (χ1n) is 9.09. The van der Waals surface area contributed by atoms with Gasteiger partial charge in [-0.1, -0.05) is 18.2 Å². The summed E-state index contributed by atoms with van der Waals surface area (Å²) in [6.45, 7) is 5.73. The molecule has 1 atom stereocenters. The first-order valence-corrected chi connectivity index (χ1v) is 9.97. The number of ether oxygens (including phenoxy) is 3. The minimum Gasteiger partial charge on any atom is -0.496 e. The Morgan fingerprint density at radius 2 is 1.62 bits per heavy atom. The summed E-state index contributed by atoms with van der Waals surface area (Å²) in [5.41, 5.74) is 1.86. The van der Waals surface area contributed by atoms with Crippen LogP contribution in [-0.2, 0) is 6.54 Å². The number of methoxy groups -OCH3 is 2. The number of alkyl halides is 3. The summed E-state index contributed by atoms with van der Waals surface area (Å²) in [6.07, 6.45) is -4.69. The molecule has 2 aromatic carbocycles.